The molecule has 1 aromatic carbocycles. The number of hydrogen-bond donors (Lipinski definition) is 2. The van der Waals surface area contributed by atoms with Crippen LogP contribution in [0, 0.1) is 0 Å². The summed E-state index contributed by atoms with van der Waals surface area (Å²) in [5, 5.41) is 12.8. The number of ether oxygens (including phenoxy) is 1. The zero-order valence-corrected chi connectivity index (χ0v) is 10.5. The first-order valence-corrected chi connectivity index (χ1v) is 5.64. The van der Waals surface area contributed by atoms with E-state index in [9.17, 15) is 5.11 Å². The van der Waals surface area contributed by atoms with Crippen molar-refractivity contribution in [2.45, 2.75) is 12.5 Å². The Kier molecular flexibility index (Phi) is 5.08. The van der Waals surface area contributed by atoms with E-state index in [0.717, 1.165) is 22.3 Å². The summed E-state index contributed by atoms with van der Waals surface area (Å²) in [6, 6.07) is 5.62. The zero-order chi connectivity index (χ0) is 11.3. The van der Waals surface area contributed by atoms with Crippen molar-refractivity contribution in [1.29, 1.82) is 0 Å². The monoisotopic (exact) mass is 273 g/mol. The molecule has 1 unspecified atom stereocenters. The van der Waals surface area contributed by atoms with Crippen molar-refractivity contribution in [3.63, 3.8) is 0 Å². The van der Waals surface area contributed by atoms with Gasteiger partial charge >= 0.3 is 0 Å². The fourth-order valence-electron chi connectivity index (χ4n) is 1.34. The van der Waals surface area contributed by atoms with Gasteiger partial charge in [0.25, 0.3) is 0 Å². The third kappa shape index (κ3) is 3.48. The molecule has 0 amide bonds. The summed E-state index contributed by atoms with van der Waals surface area (Å²) in [6.45, 7) is 0.796. The Hall–Kier alpha value is -0.580. The van der Waals surface area contributed by atoms with Gasteiger partial charge in [-0.25, -0.2) is 0 Å². The summed E-state index contributed by atoms with van der Waals surface area (Å²) in [5.41, 5.74) is 0.901. The first-order valence-electron chi connectivity index (χ1n) is 4.85. The highest BCUT2D eigenvalue weighted by Gasteiger charge is 2.09. The van der Waals surface area contributed by atoms with E-state index in [1.54, 1.807) is 7.11 Å². The minimum Gasteiger partial charge on any atom is -0.496 e. The van der Waals surface area contributed by atoms with Gasteiger partial charge in [0.05, 0.1) is 17.7 Å². The van der Waals surface area contributed by atoms with Gasteiger partial charge in [0.2, 0.25) is 0 Å². The van der Waals surface area contributed by atoms with Crippen LogP contribution in [0.1, 0.15) is 18.1 Å². The Bertz CT molecular complexity index is 317. The van der Waals surface area contributed by atoms with Gasteiger partial charge in [0.1, 0.15) is 5.75 Å². The molecular formula is C11H16BrNO2. The van der Waals surface area contributed by atoms with Gasteiger partial charge in [-0.3, -0.25) is 0 Å². The van der Waals surface area contributed by atoms with Gasteiger partial charge in [0.15, 0.2) is 0 Å². The number of methoxy groups -OCH3 is 1. The Morgan fingerprint density at radius 2 is 2.27 bits per heavy atom. The van der Waals surface area contributed by atoms with Crippen LogP contribution in [-0.2, 0) is 0 Å². The van der Waals surface area contributed by atoms with Crippen LogP contribution in [0.4, 0.5) is 0 Å². The summed E-state index contributed by atoms with van der Waals surface area (Å²) in [4.78, 5) is 0. The number of aliphatic hydroxyl groups excluding tert-OH is 1. The van der Waals surface area contributed by atoms with E-state index in [4.69, 9.17) is 4.74 Å². The van der Waals surface area contributed by atoms with E-state index in [-0.39, 0.29) is 0 Å². The van der Waals surface area contributed by atoms with Crippen molar-refractivity contribution in [3.8, 4) is 5.75 Å². The predicted molar refractivity (Wildman–Crippen MR) is 64.2 cm³/mol. The highest BCUT2D eigenvalue weighted by molar-refractivity contribution is 9.10. The van der Waals surface area contributed by atoms with Crippen molar-refractivity contribution in [2.75, 3.05) is 20.7 Å². The van der Waals surface area contributed by atoms with Crippen LogP contribution in [0.5, 0.6) is 5.75 Å². The van der Waals surface area contributed by atoms with Crippen molar-refractivity contribution in [2.24, 2.45) is 0 Å². The van der Waals surface area contributed by atoms with E-state index in [0.29, 0.717) is 6.42 Å². The molecule has 84 valence electrons. The summed E-state index contributed by atoms with van der Waals surface area (Å²) in [6.07, 6.45) is 0.273. The summed E-state index contributed by atoms with van der Waals surface area (Å²) < 4.78 is 5.99. The lowest BCUT2D eigenvalue weighted by Gasteiger charge is -2.12. The molecule has 0 saturated carbocycles. The molecule has 1 aromatic rings. The lowest BCUT2D eigenvalue weighted by molar-refractivity contribution is 0.167. The fourth-order valence-corrected chi connectivity index (χ4v) is 1.90. The molecule has 1 rings (SSSR count). The van der Waals surface area contributed by atoms with Gasteiger partial charge in [-0.1, -0.05) is 6.07 Å². The summed E-state index contributed by atoms with van der Waals surface area (Å²) >= 11 is 3.39. The molecule has 1 atom stereocenters. The molecule has 3 nitrogen and oxygen atoms in total. The second-order valence-electron chi connectivity index (χ2n) is 3.30. The quantitative estimate of drug-likeness (QED) is 0.864. The average Bonchev–Trinajstić information content (AvgIpc) is 2.25. The molecular weight excluding hydrogens is 258 g/mol. The number of halogens is 1. The van der Waals surface area contributed by atoms with Crippen molar-refractivity contribution in [1.82, 2.24) is 5.32 Å². The second-order valence-corrected chi connectivity index (χ2v) is 4.16. The third-order valence-corrected chi connectivity index (χ3v) is 2.85. The molecule has 0 heterocycles. The van der Waals surface area contributed by atoms with Crippen LogP contribution < -0.4 is 10.1 Å². The van der Waals surface area contributed by atoms with Crippen LogP contribution in [0.3, 0.4) is 0 Å². The number of nitrogens with one attached hydrogen (secondary N) is 1. The number of hydrogen-bond acceptors (Lipinski definition) is 3. The van der Waals surface area contributed by atoms with Gasteiger partial charge in [-0.15, -0.1) is 0 Å². The SMILES string of the molecule is CNCCC(O)c1ccc(OC)c(Br)c1. The van der Waals surface area contributed by atoms with Crippen molar-refractivity contribution >= 4 is 15.9 Å². The molecule has 15 heavy (non-hydrogen) atoms. The molecule has 0 spiro atoms. The maximum Gasteiger partial charge on any atom is 0.133 e. The first kappa shape index (κ1) is 12.5. The van der Waals surface area contributed by atoms with Crippen molar-refractivity contribution in [3.05, 3.63) is 28.2 Å². The molecule has 0 fully saturated rings. The first-order chi connectivity index (χ1) is 7.19. The van der Waals surface area contributed by atoms with E-state index in [1.165, 1.54) is 0 Å². The molecule has 0 bridgehead atoms. The Balaban J connectivity index is 2.73. The topological polar surface area (TPSA) is 41.5 Å². The molecule has 0 aliphatic heterocycles. The number of aliphatic hydroxyl groups is 1. The Labute approximate surface area is 98.6 Å². The maximum atomic E-state index is 9.84. The largest absolute Gasteiger partial charge is 0.496 e. The highest BCUT2D eigenvalue weighted by atomic mass is 79.9. The minimum atomic E-state index is -0.431. The van der Waals surface area contributed by atoms with E-state index in [2.05, 4.69) is 21.2 Å². The predicted octanol–water partition coefficient (Wildman–Crippen LogP) is 2.10. The molecule has 0 aliphatic carbocycles. The molecule has 2 N–H and O–H groups in total. The Morgan fingerprint density at radius 3 is 2.80 bits per heavy atom. The smallest absolute Gasteiger partial charge is 0.133 e. The van der Waals surface area contributed by atoms with Gasteiger partial charge < -0.3 is 15.2 Å². The standard InChI is InChI=1S/C11H16BrNO2/c1-13-6-5-10(14)8-3-4-11(15-2)9(12)7-8/h3-4,7,10,13-14H,5-6H2,1-2H3. The Morgan fingerprint density at radius 1 is 1.53 bits per heavy atom. The van der Waals surface area contributed by atoms with E-state index < -0.39 is 6.10 Å². The molecule has 0 aliphatic rings. The fraction of sp³-hybridized carbons (Fsp3) is 0.455. The van der Waals surface area contributed by atoms with Crippen LogP contribution in [0.25, 0.3) is 0 Å². The minimum absolute atomic E-state index is 0.431. The molecule has 0 saturated heterocycles. The van der Waals surface area contributed by atoms with Crippen LogP contribution in [-0.4, -0.2) is 25.8 Å². The number of benzene rings is 1. The van der Waals surface area contributed by atoms with Crippen LogP contribution in [0.2, 0.25) is 0 Å². The third-order valence-electron chi connectivity index (χ3n) is 2.23. The molecule has 0 aromatic heterocycles. The van der Waals surface area contributed by atoms with E-state index >= 15 is 0 Å². The second kappa shape index (κ2) is 6.10. The lowest BCUT2D eigenvalue weighted by atomic mass is 10.1. The van der Waals surface area contributed by atoms with Gasteiger partial charge in [-0.05, 0) is 53.6 Å². The number of rotatable bonds is 5. The van der Waals surface area contributed by atoms with Crippen LogP contribution in [0.15, 0.2) is 22.7 Å². The van der Waals surface area contributed by atoms with Gasteiger partial charge in [-0.2, -0.15) is 0 Å². The summed E-state index contributed by atoms with van der Waals surface area (Å²) in [7, 11) is 3.49. The lowest BCUT2D eigenvalue weighted by Crippen LogP contribution is -2.11. The van der Waals surface area contributed by atoms with Gasteiger partial charge in [0, 0.05) is 0 Å². The highest BCUT2D eigenvalue weighted by Crippen LogP contribution is 2.28. The van der Waals surface area contributed by atoms with Crippen molar-refractivity contribution < 1.29 is 9.84 Å². The normalized spacial score (nSPS) is 12.5. The zero-order valence-electron chi connectivity index (χ0n) is 8.96. The molecule has 0 radical (unpaired) electrons. The van der Waals surface area contributed by atoms with Crippen LogP contribution >= 0.6 is 15.9 Å². The maximum absolute atomic E-state index is 9.84. The summed E-state index contributed by atoms with van der Waals surface area (Å²) in [5.74, 6) is 0.777. The average molecular weight is 274 g/mol. The van der Waals surface area contributed by atoms with E-state index in [1.807, 2.05) is 25.2 Å². The molecule has 4 heteroatoms.